The van der Waals surface area contributed by atoms with Crippen LogP contribution in [0.5, 0.6) is 0 Å². The Balaban J connectivity index is 2.11. The summed E-state index contributed by atoms with van der Waals surface area (Å²) in [5.74, 6) is 0. The molecule has 0 aliphatic carbocycles. The van der Waals surface area contributed by atoms with Gasteiger partial charge in [-0.1, -0.05) is 31.5 Å². The third-order valence-electron chi connectivity index (χ3n) is 3.32. The highest BCUT2D eigenvalue weighted by atomic mass is 15.1. The Morgan fingerprint density at radius 2 is 1.89 bits per heavy atom. The van der Waals surface area contributed by atoms with Crippen molar-refractivity contribution < 1.29 is 0 Å². The van der Waals surface area contributed by atoms with E-state index in [1.54, 1.807) is 0 Å². The van der Waals surface area contributed by atoms with Gasteiger partial charge in [0.1, 0.15) is 0 Å². The fraction of sp³-hybridized carbons (Fsp3) is 0.625. The highest BCUT2D eigenvalue weighted by Gasteiger charge is 2.02. The van der Waals surface area contributed by atoms with Crippen LogP contribution in [-0.2, 0) is 0 Å². The summed E-state index contributed by atoms with van der Waals surface area (Å²) in [6, 6.07) is 11.3. The molecule has 1 atom stereocenters. The average molecular weight is 248 g/mol. The standard InChI is InChI=1S/C16H28N2/c1-4-13-17-15(2)10-8-9-14-18(3)16-11-6-5-7-12-16/h5-7,11-12,15,17H,4,8-10,13-14H2,1-3H3. The van der Waals surface area contributed by atoms with Gasteiger partial charge in [-0.05, 0) is 44.9 Å². The third kappa shape index (κ3) is 6.06. The molecule has 0 amide bonds. The van der Waals surface area contributed by atoms with Crippen molar-refractivity contribution in [3.05, 3.63) is 30.3 Å². The maximum Gasteiger partial charge on any atom is 0.0363 e. The van der Waals surface area contributed by atoms with E-state index in [0.29, 0.717) is 6.04 Å². The van der Waals surface area contributed by atoms with E-state index < -0.39 is 0 Å². The molecule has 0 fully saturated rings. The Hall–Kier alpha value is -1.02. The van der Waals surface area contributed by atoms with Crippen LogP contribution in [0.25, 0.3) is 0 Å². The van der Waals surface area contributed by atoms with Crippen LogP contribution in [0.3, 0.4) is 0 Å². The van der Waals surface area contributed by atoms with Gasteiger partial charge in [0.15, 0.2) is 0 Å². The van der Waals surface area contributed by atoms with Gasteiger partial charge in [-0.25, -0.2) is 0 Å². The second kappa shape index (κ2) is 8.98. The second-order valence-corrected chi connectivity index (χ2v) is 5.11. The number of hydrogen-bond acceptors (Lipinski definition) is 2. The van der Waals surface area contributed by atoms with Gasteiger partial charge in [-0.2, -0.15) is 0 Å². The first-order valence-electron chi connectivity index (χ1n) is 7.23. The van der Waals surface area contributed by atoms with Crippen molar-refractivity contribution in [2.24, 2.45) is 0 Å². The van der Waals surface area contributed by atoms with Gasteiger partial charge in [-0.3, -0.25) is 0 Å². The smallest absolute Gasteiger partial charge is 0.0363 e. The largest absolute Gasteiger partial charge is 0.375 e. The van der Waals surface area contributed by atoms with Gasteiger partial charge in [0.05, 0.1) is 0 Å². The van der Waals surface area contributed by atoms with Crippen LogP contribution in [0.1, 0.15) is 39.5 Å². The molecule has 1 unspecified atom stereocenters. The van der Waals surface area contributed by atoms with Gasteiger partial charge in [0.25, 0.3) is 0 Å². The van der Waals surface area contributed by atoms with Crippen molar-refractivity contribution in [3.8, 4) is 0 Å². The number of nitrogens with one attached hydrogen (secondary N) is 1. The van der Waals surface area contributed by atoms with Crippen molar-refractivity contribution in [3.63, 3.8) is 0 Å². The quantitative estimate of drug-likeness (QED) is 0.671. The summed E-state index contributed by atoms with van der Waals surface area (Å²) in [4.78, 5) is 2.34. The lowest BCUT2D eigenvalue weighted by atomic mass is 10.1. The molecule has 0 heterocycles. The minimum Gasteiger partial charge on any atom is -0.375 e. The van der Waals surface area contributed by atoms with E-state index in [-0.39, 0.29) is 0 Å². The van der Waals surface area contributed by atoms with Crippen LogP contribution in [0.2, 0.25) is 0 Å². The van der Waals surface area contributed by atoms with Crippen LogP contribution in [0.15, 0.2) is 30.3 Å². The fourth-order valence-electron chi connectivity index (χ4n) is 2.10. The lowest BCUT2D eigenvalue weighted by molar-refractivity contribution is 0.490. The van der Waals surface area contributed by atoms with Crippen LogP contribution in [-0.4, -0.2) is 26.2 Å². The molecule has 0 aliphatic rings. The van der Waals surface area contributed by atoms with E-state index in [9.17, 15) is 0 Å². The summed E-state index contributed by atoms with van der Waals surface area (Å²) in [6.07, 6.45) is 5.07. The van der Waals surface area contributed by atoms with Gasteiger partial charge in [0, 0.05) is 25.3 Å². The van der Waals surface area contributed by atoms with Crippen LogP contribution in [0, 0.1) is 0 Å². The summed E-state index contributed by atoms with van der Waals surface area (Å²) in [5, 5.41) is 3.54. The zero-order valence-electron chi connectivity index (χ0n) is 12.2. The first-order chi connectivity index (χ1) is 8.74. The molecule has 1 aromatic rings. The summed E-state index contributed by atoms with van der Waals surface area (Å²) >= 11 is 0. The van der Waals surface area contributed by atoms with Gasteiger partial charge >= 0.3 is 0 Å². The van der Waals surface area contributed by atoms with Crippen molar-refractivity contribution in [2.45, 2.75) is 45.6 Å². The Labute approximate surface area is 112 Å². The number of benzene rings is 1. The highest BCUT2D eigenvalue weighted by molar-refractivity contribution is 5.44. The Morgan fingerprint density at radius 3 is 2.56 bits per heavy atom. The molecule has 0 aromatic heterocycles. The highest BCUT2D eigenvalue weighted by Crippen LogP contribution is 2.12. The molecule has 0 radical (unpaired) electrons. The number of para-hydroxylation sites is 1. The molecule has 1 N–H and O–H groups in total. The van der Waals surface area contributed by atoms with Gasteiger partial charge < -0.3 is 10.2 Å². The van der Waals surface area contributed by atoms with Crippen molar-refractivity contribution >= 4 is 5.69 Å². The topological polar surface area (TPSA) is 15.3 Å². The molecule has 2 heteroatoms. The minimum atomic E-state index is 0.659. The predicted octanol–water partition coefficient (Wildman–Crippen LogP) is 3.68. The second-order valence-electron chi connectivity index (χ2n) is 5.11. The third-order valence-corrected chi connectivity index (χ3v) is 3.32. The molecule has 0 saturated heterocycles. The van der Waals surface area contributed by atoms with Crippen LogP contribution < -0.4 is 10.2 Å². The van der Waals surface area contributed by atoms with Gasteiger partial charge in [0.2, 0.25) is 0 Å². The normalized spacial score (nSPS) is 12.4. The Morgan fingerprint density at radius 1 is 1.17 bits per heavy atom. The zero-order valence-corrected chi connectivity index (χ0v) is 12.2. The lowest BCUT2D eigenvalue weighted by Gasteiger charge is -2.19. The summed E-state index contributed by atoms with van der Waals surface area (Å²) in [5.41, 5.74) is 1.31. The van der Waals surface area contributed by atoms with Crippen LogP contribution in [0.4, 0.5) is 5.69 Å². The minimum absolute atomic E-state index is 0.659. The SMILES string of the molecule is CCCNC(C)CCCCN(C)c1ccccc1. The molecule has 1 rings (SSSR count). The zero-order chi connectivity index (χ0) is 13.2. The van der Waals surface area contributed by atoms with Gasteiger partial charge in [-0.15, -0.1) is 0 Å². The predicted molar refractivity (Wildman–Crippen MR) is 81.3 cm³/mol. The number of anilines is 1. The number of hydrogen-bond donors (Lipinski definition) is 1. The summed E-state index contributed by atoms with van der Waals surface area (Å²) in [7, 11) is 2.17. The van der Waals surface area contributed by atoms with Crippen molar-refractivity contribution in [2.75, 3.05) is 25.0 Å². The maximum absolute atomic E-state index is 3.54. The van der Waals surface area contributed by atoms with E-state index in [0.717, 1.165) is 13.1 Å². The average Bonchev–Trinajstić information content (AvgIpc) is 2.42. The van der Waals surface area contributed by atoms with E-state index in [2.05, 4.69) is 61.4 Å². The summed E-state index contributed by atoms with van der Waals surface area (Å²) in [6.45, 7) is 6.79. The van der Waals surface area contributed by atoms with Crippen molar-refractivity contribution in [1.82, 2.24) is 5.32 Å². The molecule has 0 spiro atoms. The van der Waals surface area contributed by atoms with E-state index in [1.165, 1.54) is 31.4 Å². The molecule has 102 valence electrons. The molecule has 0 aliphatic heterocycles. The molecular weight excluding hydrogens is 220 g/mol. The van der Waals surface area contributed by atoms with Crippen molar-refractivity contribution in [1.29, 1.82) is 0 Å². The van der Waals surface area contributed by atoms with Crippen LogP contribution >= 0.6 is 0 Å². The number of rotatable bonds is 9. The Kier molecular flexibility index (Phi) is 7.51. The first kappa shape index (κ1) is 15.0. The molecule has 18 heavy (non-hydrogen) atoms. The van der Waals surface area contributed by atoms with E-state index in [1.807, 2.05) is 0 Å². The summed E-state index contributed by atoms with van der Waals surface area (Å²) < 4.78 is 0. The molecule has 2 nitrogen and oxygen atoms in total. The molecular formula is C16H28N2. The number of nitrogens with zero attached hydrogens (tertiary/aromatic N) is 1. The number of unbranched alkanes of at least 4 members (excludes halogenated alkanes) is 1. The molecule has 0 saturated carbocycles. The lowest BCUT2D eigenvalue weighted by Crippen LogP contribution is -2.27. The fourth-order valence-corrected chi connectivity index (χ4v) is 2.10. The van der Waals surface area contributed by atoms with E-state index >= 15 is 0 Å². The first-order valence-corrected chi connectivity index (χ1v) is 7.23. The van der Waals surface area contributed by atoms with E-state index in [4.69, 9.17) is 0 Å². The maximum atomic E-state index is 3.54. The molecule has 0 bridgehead atoms. The molecule has 1 aromatic carbocycles. The monoisotopic (exact) mass is 248 g/mol. The Bertz CT molecular complexity index is 297.